The molecule has 2 amide bonds. The highest BCUT2D eigenvalue weighted by Gasteiger charge is 2.20. The van der Waals surface area contributed by atoms with Crippen LogP contribution in [0.3, 0.4) is 0 Å². The first-order valence-electron chi connectivity index (χ1n) is 9.76. The Balaban J connectivity index is 1.54. The second-order valence-electron chi connectivity index (χ2n) is 6.80. The molecular weight excluding hydrogens is 434 g/mol. The lowest BCUT2D eigenvalue weighted by molar-refractivity contribution is -0.137. The third-order valence-corrected chi connectivity index (χ3v) is 5.98. The Morgan fingerprint density at radius 2 is 1.97 bits per heavy atom. The maximum Gasteiger partial charge on any atom is 0.358 e. The van der Waals surface area contributed by atoms with Crippen molar-refractivity contribution in [1.29, 1.82) is 0 Å². The summed E-state index contributed by atoms with van der Waals surface area (Å²) >= 11 is 2.89. The Morgan fingerprint density at radius 3 is 2.68 bits per heavy atom. The number of anilines is 1. The molecular formula is C22H23N3O4S2. The molecule has 7 nitrogen and oxygen atoms in total. The number of para-hydroxylation sites is 1. The summed E-state index contributed by atoms with van der Waals surface area (Å²) in [5.41, 5.74) is 2.74. The molecule has 0 aliphatic rings. The number of carbonyl (C=O) groups excluding carboxylic acids is 3. The van der Waals surface area contributed by atoms with Gasteiger partial charge < -0.3 is 15.0 Å². The van der Waals surface area contributed by atoms with Gasteiger partial charge in [0.2, 0.25) is 5.91 Å². The Hall–Kier alpha value is -3.04. The van der Waals surface area contributed by atoms with E-state index in [-0.39, 0.29) is 18.1 Å². The summed E-state index contributed by atoms with van der Waals surface area (Å²) in [6, 6.07) is 9.34. The van der Waals surface area contributed by atoms with E-state index in [0.717, 1.165) is 16.1 Å². The number of thiazole rings is 1. The average Bonchev–Trinajstić information content (AvgIpc) is 3.45. The molecule has 3 rings (SSSR count). The number of nitrogens with zero attached hydrogens (tertiary/aromatic N) is 2. The van der Waals surface area contributed by atoms with Crippen LogP contribution < -0.4 is 5.32 Å². The first-order chi connectivity index (χ1) is 15.0. The van der Waals surface area contributed by atoms with Crippen molar-refractivity contribution in [3.05, 3.63) is 57.7 Å². The van der Waals surface area contributed by atoms with Crippen LogP contribution in [-0.4, -0.2) is 47.4 Å². The van der Waals surface area contributed by atoms with Gasteiger partial charge in [-0.15, -0.1) is 11.3 Å². The number of hydrogen-bond acceptors (Lipinski definition) is 7. The summed E-state index contributed by atoms with van der Waals surface area (Å²) in [6.45, 7) is 3.63. The number of ether oxygens (including phenoxy) is 1. The molecule has 162 valence electrons. The van der Waals surface area contributed by atoms with Crippen molar-refractivity contribution in [3.63, 3.8) is 0 Å². The molecule has 0 unspecified atom stereocenters. The van der Waals surface area contributed by atoms with Crippen LogP contribution in [0.4, 0.5) is 5.69 Å². The Labute approximate surface area is 188 Å². The first kappa shape index (κ1) is 22.6. The zero-order valence-electron chi connectivity index (χ0n) is 17.3. The Kier molecular flexibility index (Phi) is 7.91. The van der Waals surface area contributed by atoms with Crippen molar-refractivity contribution < 1.29 is 19.1 Å². The van der Waals surface area contributed by atoms with E-state index in [4.69, 9.17) is 4.74 Å². The van der Waals surface area contributed by atoms with Crippen LogP contribution in [0.15, 0.2) is 46.5 Å². The number of aromatic nitrogens is 1. The highest BCUT2D eigenvalue weighted by atomic mass is 32.1. The standard InChI is InChI=1S/C22H23N3O4S2/c1-3-9-25(11-19(26)23-17-7-5-4-6-15(17)2)20(27)12-29-22(28)18-14-31-21(24-18)16-8-10-30-13-16/h4-8,10,13-14H,3,9,11-12H2,1-2H3,(H,23,26). The third kappa shape index (κ3) is 6.22. The van der Waals surface area contributed by atoms with E-state index < -0.39 is 18.5 Å². The molecule has 0 radical (unpaired) electrons. The minimum atomic E-state index is -0.660. The molecule has 2 heterocycles. The molecule has 0 saturated carbocycles. The van der Waals surface area contributed by atoms with Crippen LogP contribution >= 0.6 is 22.7 Å². The van der Waals surface area contributed by atoms with Crippen LogP contribution in [0.5, 0.6) is 0 Å². The molecule has 0 aliphatic carbocycles. The fourth-order valence-electron chi connectivity index (χ4n) is 2.82. The van der Waals surface area contributed by atoms with Gasteiger partial charge in [0.15, 0.2) is 12.3 Å². The van der Waals surface area contributed by atoms with E-state index in [1.165, 1.54) is 16.2 Å². The molecule has 2 aromatic heterocycles. The van der Waals surface area contributed by atoms with Crippen LogP contribution in [0.1, 0.15) is 29.4 Å². The zero-order valence-corrected chi connectivity index (χ0v) is 18.9. The molecule has 1 N–H and O–H groups in total. The van der Waals surface area contributed by atoms with Gasteiger partial charge >= 0.3 is 5.97 Å². The van der Waals surface area contributed by atoms with Gasteiger partial charge in [0.1, 0.15) is 5.01 Å². The minimum absolute atomic E-state index is 0.114. The van der Waals surface area contributed by atoms with Crippen LogP contribution in [0.2, 0.25) is 0 Å². The van der Waals surface area contributed by atoms with Gasteiger partial charge in [-0.25, -0.2) is 9.78 Å². The number of amides is 2. The lowest BCUT2D eigenvalue weighted by Gasteiger charge is -2.21. The molecule has 0 spiro atoms. The Bertz CT molecular complexity index is 1050. The second kappa shape index (κ2) is 10.8. The molecule has 0 fully saturated rings. The van der Waals surface area contributed by atoms with Crippen molar-refractivity contribution in [2.45, 2.75) is 20.3 Å². The molecule has 0 atom stereocenters. The molecule has 1 aromatic carbocycles. The third-order valence-electron chi connectivity index (χ3n) is 4.41. The topological polar surface area (TPSA) is 88.6 Å². The van der Waals surface area contributed by atoms with Gasteiger partial charge in [-0.3, -0.25) is 9.59 Å². The number of hydrogen-bond donors (Lipinski definition) is 1. The second-order valence-corrected chi connectivity index (χ2v) is 8.44. The highest BCUT2D eigenvalue weighted by Crippen LogP contribution is 2.25. The van der Waals surface area contributed by atoms with Crippen molar-refractivity contribution in [3.8, 4) is 10.6 Å². The maximum atomic E-state index is 12.6. The summed E-state index contributed by atoms with van der Waals surface area (Å²) in [6.07, 6.45) is 0.674. The smallest absolute Gasteiger partial charge is 0.358 e. The van der Waals surface area contributed by atoms with E-state index in [2.05, 4.69) is 10.3 Å². The van der Waals surface area contributed by atoms with Gasteiger partial charge in [0.25, 0.3) is 5.91 Å². The van der Waals surface area contributed by atoms with Crippen molar-refractivity contribution >= 4 is 46.1 Å². The monoisotopic (exact) mass is 457 g/mol. The SMILES string of the molecule is CCCN(CC(=O)Nc1ccccc1C)C(=O)COC(=O)c1csc(-c2ccsc2)n1. The van der Waals surface area contributed by atoms with E-state index in [0.29, 0.717) is 18.7 Å². The predicted molar refractivity (Wildman–Crippen MR) is 122 cm³/mol. The van der Waals surface area contributed by atoms with Crippen LogP contribution in [0.25, 0.3) is 10.6 Å². The predicted octanol–water partition coefficient (Wildman–Crippen LogP) is 4.21. The number of nitrogens with one attached hydrogen (secondary N) is 1. The van der Waals surface area contributed by atoms with Gasteiger partial charge in [0, 0.05) is 28.6 Å². The molecule has 9 heteroatoms. The quantitative estimate of drug-likeness (QED) is 0.486. The summed E-state index contributed by atoms with van der Waals surface area (Å²) in [5, 5.41) is 9.03. The normalized spacial score (nSPS) is 10.5. The maximum absolute atomic E-state index is 12.6. The van der Waals surface area contributed by atoms with E-state index in [9.17, 15) is 14.4 Å². The number of rotatable bonds is 9. The molecule has 0 saturated heterocycles. The van der Waals surface area contributed by atoms with Crippen molar-refractivity contribution in [1.82, 2.24) is 9.88 Å². The van der Waals surface area contributed by atoms with E-state index >= 15 is 0 Å². The van der Waals surface area contributed by atoms with Crippen molar-refractivity contribution in [2.75, 3.05) is 25.0 Å². The van der Waals surface area contributed by atoms with Crippen LogP contribution in [-0.2, 0) is 14.3 Å². The molecule has 0 aliphatic heterocycles. The molecule has 3 aromatic rings. The lowest BCUT2D eigenvalue weighted by Crippen LogP contribution is -2.40. The summed E-state index contributed by atoms with van der Waals surface area (Å²) in [4.78, 5) is 42.9. The summed E-state index contributed by atoms with van der Waals surface area (Å²) < 4.78 is 5.15. The molecule has 31 heavy (non-hydrogen) atoms. The number of esters is 1. The van der Waals surface area contributed by atoms with Crippen LogP contribution in [0, 0.1) is 6.92 Å². The number of thiophene rings is 1. The largest absolute Gasteiger partial charge is 0.451 e. The zero-order chi connectivity index (χ0) is 22.2. The van der Waals surface area contributed by atoms with Gasteiger partial charge in [0.05, 0.1) is 6.54 Å². The number of carbonyl (C=O) groups is 3. The lowest BCUT2D eigenvalue weighted by atomic mass is 10.2. The summed E-state index contributed by atoms with van der Waals surface area (Å²) in [5.74, 6) is -1.39. The first-order valence-corrected chi connectivity index (χ1v) is 11.6. The van der Waals surface area contributed by atoms with Gasteiger partial charge in [-0.1, -0.05) is 25.1 Å². The number of aryl methyl sites for hydroxylation is 1. The number of benzene rings is 1. The van der Waals surface area contributed by atoms with E-state index in [1.54, 1.807) is 22.8 Å². The minimum Gasteiger partial charge on any atom is -0.451 e. The van der Waals surface area contributed by atoms with Gasteiger partial charge in [-0.2, -0.15) is 11.3 Å². The summed E-state index contributed by atoms with van der Waals surface area (Å²) in [7, 11) is 0. The van der Waals surface area contributed by atoms with E-state index in [1.807, 2.05) is 48.9 Å². The fraction of sp³-hybridized carbons (Fsp3) is 0.273. The van der Waals surface area contributed by atoms with Crippen molar-refractivity contribution in [2.24, 2.45) is 0 Å². The highest BCUT2D eigenvalue weighted by molar-refractivity contribution is 7.14. The average molecular weight is 458 g/mol. The molecule has 0 bridgehead atoms. The Morgan fingerprint density at radius 1 is 1.16 bits per heavy atom. The van der Waals surface area contributed by atoms with Gasteiger partial charge in [-0.05, 0) is 36.4 Å². The fourth-order valence-corrected chi connectivity index (χ4v) is 4.32.